The van der Waals surface area contributed by atoms with Crippen molar-refractivity contribution in [2.24, 2.45) is 0 Å². The molecule has 0 radical (unpaired) electrons. The minimum absolute atomic E-state index is 0.00754. The zero-order valence-electron chi connectivity index (χ0n) is 13.6. The molecule has 6 nitrogen and oxygen atoms in total. The molecule has 134 valence electrons. The summed E-state index contributed by atoms with van der Waals surface area (Å²) in [6, 6.07) is 2.73. The van der Waals surface area contributed by atoms with E-state index in [1.165, 1.54) is 10.6 Å². The second-order valence-corrected chi connectivity index (χ2v) is 6.19. The molecule has 2 aromatic heterocycles. The Kier molecular flexibility index (Phi) is 4.45. The monoisotopic (exact) mass is 379 g/mol. The van der Waals surface area contributed by atoms with Crippen LogP contribution in [-0.2, 0) is 0 Å². The highest BCUT2D eigenvalue weighted by Crippen LogP contribution is 2.29. The molecule has 9 heteroatoms. The highest BCUT2D eigenvalue weighted by molar-refractivity contribution is 6.28. The van der Waals surface area contributed by atoms with E-state index in [1.54, 1.807) is 13.8 Å². The molecule has 0 aliphatic rings. The number of carboxylic acids is 1. The fourth-order valence-electron chi connectivity index (χ4n) is 2.83. The van der Waals surface area contributed by atoms with E-state index in [-0.39, 0.29) is 33.1 Å². The molecule has 3 rings (SSSR count). The van der Waals surface area contributed by atoms with Crippen molar-refractivity contribution in [1.82, 2.24) is 14.5 Å². The van der Waals surface area contributed by atoms with Gasteiger partial charge in [0.2, 0.25) is 5.28 Å². The molecule has 0 aliphatic heterocycles. The third kappa shape index (κ3) is 2.92. The number of carbonyl (C=O) groups is 1. The first kappa shape index (κ1) is 17.9. The third-order valence-corrected chi connectivity index (χ3v) is 4.01. The number of halogens is 3. The number of aromatic carboxylic acids is 1. The van der Waals surface area contributed by atoms with E-state index in [2.05, 4.69) is 9.97 Å². The van der Waals surface area contributed by atoms with Crippen molar-refractivity contribution < 1.29 is 18.7 Å². The number of nitrogens with zero attached hydrogens (tertiary/aromatic N) is 3. The predicted octanol–water partition coefficient (Wildman–Crippen LogP) is 3.67. The van der Waals surface area contributed by atoms with Crippen molar-refractivity contribution in [1.29, 1.82) is 0 Å². The Balaban J connectivity index is 2.47. The van der Waals surface area contributed by atoms with Gasteiger partial charge < -0.3 is 9.67 Å². The highest BCUT2D eigenvalue weighted by Gasteiger charge is 2.21. The van der Waals surface area contributed by atoms with Gasteiger partial charge in [0, 0.05) is 17.7 Å². The molecule has 1 N–H and O–H groups in total. The summed E-state index contributed by atoms with van der Waals surface area (Å²) in [5.41, 5.74) is -1.30. The van der Waals surface area contributed by atoms with E-state index in [4.69, 9.17) is 11.6 Å². The van der Waals surface area contributed by atoms with Crippen LogP contribution in [-0.4, -0.2) is 25.6 Å². The topological polar surface area (TPSA) is 85.1 Å². The molecule has 3 aromatic rings. The van der Waals surface area contributed by atoms with Gasteiger partial charge in [0.15, 0.2) is 11.2 Å². The maximum atomic E-state index is 14.6. The van der Waals surface area contributed by atoms with Gasteiger partial charge in [-0.3, -0.25) is 4.79 Å². The van der Waals surface area contributed by atoms with Gasteiger partial charge in [0.1, 0.15) is 17.2 Å². The molecule has 0 fully saturated rings. The molecule has 1 aromatic carbocycles. The van der Waals surface area contributed by atoms with Crippen LogP contribution < -0.4 is 5.43 Å². The van der Waals surface area contributed by atoms with Crippen molar-refractivity contribution in [2.45, 2.75) is 19.9 Å². The van der Waals surface area contributed by atoms with Gasteiger partial charge in [-0.1, -0.05) is 0 Å². The van der Waals surface area contributed by atoms with Crippen LogP contribution in [0.4, 0.5) is 8.78 Å². The van der Waals surface area contributed by atoms with Crippen LogP contribution in [0, 0.1) is 11.6 Å². The lowest BCUT2D eigenvalue weighted by molar-refractivity contribution is 0.0683. The Morgan fingerprint density at radius 2 is 1.92 bits per heavy atom. The number of hydrogen-bond acceptors (Lipinski definition) is 4. The molecule has 0 atom stereocenters. The smallest absolute Gasteiger partial charge is 0.352 e. The minimum Gasteiger partial charge on any atom is -0.477 e. The number of fused-ring (bicyclic) bond motifs is 1. The van der Waals surface area contributed by atoms with E-state index in [0.717, 1.165) is 18.3 Å². The second-order valence-electron chi connectivity index (χ2n) is 5.85. The Morgan fingerprint density at radius 3 is 2.54 bits per heavy atom. The van der Waals surface area contributed by atoms with Gasteiger partial charge >= 0.3 is 5.97 Å². The molecule has 0 spiro atoms. The largest absolute Gasteiger partial charge is 0.477 e. The lowest BCUT2D eigenvalue weighted by Crippen LogP contribution is -2.20. The lowest BCUT2D eigenvalue weighted by atomic mass is 10.1. The maximum absolute atomic E-state index is 14.6. The zero-order valence-corrected chi connectivity index (χ0v) is 14.4. The average Bonchev–Trinajstić information content (AvgIpc) is 2.55. The van der Waals surface area contributed by atoms with Gasteiger partial charge in [-0.25, -0.2) is 23.5 Å². The Hall–Kier alpha value is -2.87. The first-order valence-corrected chi connectivity index (χ1v) is 7.89. The van der Waals surface area contributed by atoms with Gasteiger partial charge in [-0.05, 0) is 37.6 Å². The summed E-state index contributed by atoms with van der Waals surface area (Å²) in [5, 5.41) is 8.86. The number of benzene rings is 1. The summed E-state index contributed by atoms with van der Waals surface area (Å²) in [4.78, 5) is 31.0. The number of hydrogen-bond donors (Lipinski definition) is 1. The number of carboxylic acid groups (broad SMARTS) is 1. The van der Waals surface area contributed by atoms with E-state index >= 15 is 0 Å². The van der Waals surface area contributed by atoms with Crippen LogP contribution in [0.3, 0.4) is 0 Å². The normalized spacial score (nSPS) is 11.3. The van der Waals surface area contributed by atoms with Crippen LogP contribution >= 0.6 is 11.6 Å². The van der Waals surface area contributed by atoms with E-state index in [0.29, 0.717) is 0 Å². The molecule has 0 amide bonds. The summed E-state index contributed by atoms with van der Waals surface area (Å²) >= 11 is 5.68. The quantitative estimate of drug-likeness (QED) is 0.702. The molecule has 0 bridgehead atoms. The first-order valence-electron chi connectivity index (χ1n) is 7.51. The van der Waals surface area contributed by atoms with Crippen molar-refractivity contribution in [2.75, 3.05) is 0 Å². The van der Waals surface area contributed by atoms with Crippen molar-refractivity contribution in [3.63, 3.8) is 0 Å². The van der Waals surface area contributed by atoms with E-state index in [9.17, 15) is 23.5 Å². The Morgan fingerprint density at radius 1 is 1.23 bits per heavy atom. The molecular weight excluding hydrogens is 368 g/mol. The summed E-state index contributed by atoms with van der Waals surface area (Å²) < 4.78 is 30.0. The summed E-state index contributed by atoms with van der Waals surface area (Å²) in [6.07, 6.45) is 0.843. The number of rotatable bonds is 3. The van der Waals surface area contributed by atoms with E-state index < -0.39 is 29.1 Å². The second kappa shape index (κ2) is 6.45. The van der Waals surface area contributed by atoms with Crippen LogP contribution in [0.25, 0.3) is 22.2 Å². The predicted molar refractivity (Wildman–Crippen MR) is 91.5 cm³/mol. The fraction of sp³-hybridized carbons (Fsp3) is 0.176. The summed E-state index contributed by atoms with van der Waals surface area (Å²) in [5.74, 6) is -3.08. The molecule has 0 unspecified atom stereocenters. The lowest BCUT2D eigenvalue weighted by Gasteiger charge is -2.19. The summed E-state index contributed by atoms with van der Waals surface area (Å²) in [6.45, 7) is 3.37. The van der Waals surface area contributed by atoms with Gasteiger partial charge in [0.25, 0.3) is 0 Å². The summed E-state index contributed by atoms with van der Waals surface area (Å²) in [7, 11) is 0. The fourth-order valence-corrected chi connectivity index (χ4v) is 2.96. The van der Waals surface area contributed by atoms with Crippen LogP contribution in [0.15, 0.2) is 29.2 Å². The van der Waals surface area contributed by atoms with Crippen LogP contribution in [0.2, 0.25) is 5.28 Å². The van der Waals surface area contributed by atoms with E-state index in [1.807, 2.05) is 0 Å². The third-order valence-electron chi connectivity index (χ3n) is 3.83. The minimum atomic E-state index is -1.33. The van der Waals surface area contributed by atoms with Crippen molar-refractivity contribution >= 4 is 28.5 Å². The first-order chi connectivity index (χ1) is 12.2. The zero-order chi connectivity index (χ0) is 19.2. The van der Waals surface area contributed by atoms with Crippen molar-refractivity contribution in [3.8, 4) is 11.3 Å². The number of aromatic nitrogens is 3. The standard InChI is InChI=1S/C17H12ClF2N3O3/c1-7(2)23-11-4-8(15-10(20)6-21-17(18)22-15)3-9(19)14(11)13(24)5-12(23)16(25)26/h3-7H,1-2H3,(H,25,26). The molecule has 2 heterocycles. The van der Waals surface area contributed by atoms with Gasteiger partial charge in [-0.2, -0.15) is 0 Å². The molecule has 26 heavy (non-hydrogen) atoms. The maximum Gasteiger partial charge on any atom is 0.352 e. The van der Waals surface area contributed by atoms with Crippen LogP contribution in [0.1, 0.15) is 30.4 Å². The van der Waals surface area contributed by atoms with Crippen molar-refractivity contribution in [3.05, 3.63) is 57.2 Å². The molecule has 0 saturated carbocycles. The van der Waals surface area contributed by atoms with Gasteiger partial charge in [0.05, 0.1) is 17.1 Å². The highest BCUT2D eigenvalue weighted by atomic mass is 35.5. The Bertz CT molecular complexity index is 1110. The number of pyridine rings is 1. The molecule has 0 saturated heterocycles. The molecule has 0 aliphatic carbocycles. The average molecular weight is 380 g/mol. The SMILES string of the molecule is CC(C)n1c(C(=O)O)cc(=O)c2c(F)cc(-c3nc(Cl)ncc3F)cc21. The van der Waals surface area contributed by atoms with Gasteiger partial charge in [-0.15, -0.1) is 0 Å². The van der Waals surface area contributed by atoms with Crippen LogP contribution in [0.5, 0.6) is 0 Å². The molecular formula is C17H12ClF2N3O3. The Labute approximate surface area is 150 Å².